The van der Waals surface area contributed by atoms with Gasteiger partial charge in [-0.2, -0.15) is 0 Å². The molecule has 2 aromatic rings. The van der Waals surface area contributed by atoms with Gasteiger partial charge in [-0.25, -0.2) is 8.78 Å². The molecular formula is C20H21F2NO2. The topological polar surface area (TPSA) is 30.5 Å². The van der Waals surface area contributed by atoms with E-state index in [1.807, 2.05) is 6.07 Å². The van der Waals surface area contributed by atoms with Gasteiger partial charge in [-0.1, -0.05) is 32.0 Å². The zero-order valence-corrected chi connectivity index (χ0v) is 14.3. The van der Waals surface area contributed by atoms with Crippen LogP contribution in [0.3, 0.4) is 0 Å². The first kappa shape index (κ1) is 16.5. The first-order chi connectivity index (χ1) is 12.1. The van der Waals surface area contributed by atoms with Gasteiger partial charge in [0.15, 0.2) is 0 Å². The zero-order valence-electron chi connectivity index (χ0n) is 14.3. The number of benzene rings is 2. The molecule has 0 radical (unpaired) electrons. The lowest BCUT2D eigenvalue weighted by molar-refractivity contribution is 0.0363. The van der Waals surface area contributed by atoms with Crippen LogP contribution in [0.5, 0.6) is 0 Å². The summed E-state index contributed by atoms with van der Waals surface area (Å²) in [5.41, 5.74) is 3.06. The maximum atomic E-state index is 14.3. The van der Waals surface area contributed by atoms with Crippen LogP contribution in [-0.2, 0) is 9.47 Å². The first-order valence-electron chi connectivity index (χ1n) is 8.67. The normalized spacial score (nSPS) is 25.8. The minimum Gasteiger partial charge on any atom is -0.375 e. The van der Waals surface area contributed by atoms with Gasteiger partial charge in [0.2, 0.25) is 0 Å². The van der Waals surface area contributed by atoms with Gasteiger partial charge in [0, 0.05) is 16.8 Å². The first-order valence-corrected chi connectivity index (χ1v) is 8.67. The van der Waals surface area contributed by atoms with E-state index in [-0.39, 0.29) is 18.5 Å². The highest BCUT2D eigenvalue weighted by atomic mass is 19.1. The zero-order chi connectivity index (χ0) is 17.6. The number of hydrogen-bond donors (Lipinski definition) is 1. The van der Waals surface area contributed by atoms with Crippen molar-refractivity contribution < 1.29 is 18.3 Å². The Bertz CT molecular complexity index is 775. The summed E-state index contributed by atoms with van der Waals surface area (Å²) in [6, 6.07) is 9.43. The standard InChI is InChI=1S/C20H21F2NO2/c1-3-11(2)12-7-8-16-13(9-12)19-20(25-10-24-19)18(23-16)17-14(21)5-4-6-15(17)22/h4-9,11,18-20,23H,3,10H2,1-2H3. The SMILES string of the molecule is CCC(C)c1ccc2c(c1)C1OCOC1C(c1c(F)cccc1F)N2. The molecule has 0 aliphatic carbocycles. The number of hydrogen-bond acceptors (Lipinski definition) is 3. The Morgan fingerprint density at radius 3 is 2.64 bits per heavy atom. The van der Waals surface area contributed by atoms with Crippen molar-refractivity contribution in [1.29, 1.82) is 0 Å². The molecular weight excluding hydrogens is 324 g/mol. The van der Waals surface area contributed by atoms with Gasteiger partial charge in [0.05, 0.1) is 6.04 Å². The maximum absolute atomic E-state index is 14.3. The van der Waals surface area contributed by atoms with Crippen molar-refractivity contribution in [2.24, 2.45) is 0 Å². The van der Waals surface area contributed by atoms with E-state index in [9.17, 15) is 8.78 Å². The van der Waals surface area contributed by atoms with Gasteiger partial charge in [-0.15, -0.1) is 0 Å². The fraction of sp³-hybridized carbons (Fsp3) is 0.400. The lowest BCUT2D eigenvalue weighted by Gasteiger charge is -2.35. The van der Waals surface area contributed by atoms with E-state index in [0.29, 0.717) is 5.92 Å². The van der Waals surface area contributed by atoms with E-state index >= 15 is 0 Å². The summed E-state index contributed by atoms with van der Waals surface area (Å²) in [5.74, 6) is -0.717. The van der Waals surface area contributed by atoms with E-state index in [1.54, 1.807) is 0 Å². The second-order valence-corrected chi connectivity index (χ2v) is 6.75. The molecule has 132 valence electrons. The monoisotopic (exact) mass is 345 g/mol. The Kier molecular flexibility index (Phi) is 4.21. The molecule has 4 unspecified atom stereocenters. The molecule has 5 heteroatoms. The highest BCUT2D eigenvalue weighted by Gasteiger charge is 2.44. The summed E-state index contributed by atoms with van der Waals surface area (Å²) in [5, 5.41) is 3.27. The molecule has 2 aliphatic heterocycles. The molecule has 1 N–H and O–H groups in total. The summed E-state index contributed by atoms with van der Waals surface area (Å²) in [4.78, 5) is 0. The molecule has 2 aliphatic rings. The van der Waals surface area contributed by atoms with Crippen LogP contribution < -0.4 is 5.32 Å². The fourth-order valence-electron chi connectivity index (χ4n) is 3.70. The van der Waals surface area contributed by atoms with Crippen LogP contribution in [-0.4, -0.2) is 12.9 Å². The third kappa shape index (κ3) is 2.71. The summed E-state index contributed by atoms with van der Waals surface area (Å²) >= 11 is 0. The Morgan fingerprint density at radius 1 is 1.16 bits per heavy atom. The molecule has 25 heavy (non-hydrogen) atoms. The highest BCUT2D eigenvalue weighted by Crippen LogP contribution is 2.47. The van der Waals surface area contributed by atoms with Crippen LogP contribution in [0.2, 0.25) is 0 Å². The summed E-state index contributed by atoms with van der Waals surface area (Å²) in [7, 11) is 0. The third-order valence-corrected chi connectivity index (χ3v) is 5.32. The van der Waals surface area contributed by atoms with Crippen LogP contribution >= 0.6 is 0 Å². The Hall–Kier alpha value is -1.98. The summed E-state index contributed by atoms with van der Waals surface area (Å²) < 4.78 is 40.1. The minimum absolute atomic E-state index is 0.000322. The van der Waals surface area contributed by atoms with E-state index in [1.165, 1.54) is 23.8 Å². The van der Waals surface area contributed by atoms with Crippen molar-refractivity contribution in [3.8, 4) is 0 Å². The molecule has 1 fully saturated rings. The van der Waals surface area contributed by atoms with Crippen molar-refractivity contribution in [2.75, 3.05) is 12.1 Å². The van der Waals surface area contributed by atoms with Crippen molar-refractivity contribution in [1.82, 2.24) is 0 Å². The maximum Gasteiger partial charge on any atom is 0.148 e. The number of halogens is 2. The predicted octanol–water partition coefficient (Wildman–Crippen LogP) is 5.06. The molecule has 0 spiro atoms. The number of rotatable bonds is 3. The second kappa shape index (κ2) is 6.39. The number of ether oxygens (including phenoxy) is 2. The predicted molar refractivity (Wildman–Crippen MR) is 91.4 cm³/mol. The number of anilines is 1. The number of nitrogens with one attached hydrogen (secondary N) is 1. The van der Waals surface area contributed by atoms with E-state index < -0.39 is 23.8 Å². The lowest BCUT2D eigenvalue weighted by atomic mass is 9.86. The van der Waals surface area contributed by atoms with Gasteiger partial charge in [-0.05, 0) is 36.1 Å². The van der Waals surface area contributed by atoms with Gasteiger partial charge >= 0.3 is 0 Å². The largest absolute Gasteiger partial charge is 0.375 e. The van der Waals surface area contributed by atoms with Crippen molar-refractivity contribution in [3.63, 3.8) is 0 Å². The van der Waals surface area contributed by atoms with Gasteiger partial charge < -0.3 is 14.8 Å². The fourth-order valence-corrected chi connectivity index (χ4v) is 3.70. The van der Waals surface area contributed by atoms with Crippen LogP contribution in [0.15, 0.2) is 36.4 Å². The molecule has 0 aromatic heterocycles. The molecule has 0 saturated carbocycles. The smallest absolute Gasteiger partial charge is 0.148 e. The van der Waals surface area contributed by atoms with E-state index in [4.69, 9.17) is 9.47 Å². The van der Waals surface area contributed by atoms with Gasteiger partial charge in [-0.3, -0.25) is 0 Å². The third-order valence-electron chi connectivity index (χ3n) is 5.32. The van der Waals surface area contributed by atoms with Gasteiger partial charge in [0.1, 0.15) is 30.6 Å². The Balaban J connectivity index is 1.78. The van der Waals surface area contributed by atoms with E-state index in [2.05, 4.69) is 31.3 Å². The molecule has 4 atom stereocenters. The lowest BCUT2D eigenvalue weighted by Crippen LogP contribution is -2.35. The Morgan fingerprint density at radius 2 is 1.92 bits per heavy atom. The van der Waals surface area contributed by atoms with Crippen molar-refractivity contribution >= 4 is 5.69 Å². The minimum atomic E-state index is -0.629. The summed E-state index contributed by atoms with van der Waals surface area (Å²) in [6.07, 6.45) is 0.246. The van der Waals surface area contributed by atoms with Crippen LogP contribution in [0.4, 0.5) is 14.5 Å². The van der Waals surface area contributed by atoms with Crippen LogP contribution in [0.25, 0.3) is 0 Å². The molecule has 3 nitrogen and oxygen atoms in total. The quantitative estimate of drug-likeness (QED) is 0.843. The van der Waals surface area contributed by atoms with Gasteiger partial charge in [0.25, 0.3) is 0 Å². The molecule has 4 rings (SSSR count). The Labute approximate surface area is 146 Å². The van der Waals surface area contributed by atoms with Crippen LogP contribution in [0, 0.1) is 11.6 Å². The van der Waals surface area contributed by atoms with E-state index in [0.717, 1.165) is 17.7 Å². The molecule has 0 amide bonds. The average Bonchev–Trinajstić information content (AvgIpc) is 3.10. The average molecular weight is 345 g/mol. The number of fused-ring (bicyclic) bond motifs is 3. The second-order valence-electron chi connectivity index (χ2n) is 6.75. The van der Waals surface area contributed by atoms with Crippen LogP contribution in [0.1, 0.15) is 55.0 Å². The molecule has 1 saturated heterocycles. The van der Waals surface area contributed by atoms with Crippen molar-refractivity contribution in [2.45, 2.75) is 44.4 Å². The van der Waals surface area contributed by atoms with Crippen molar-refractivity contribution in [3.05, 3.63) is 64.7 Å². The highest BCUT2D eigenvalue weighted by molar-refractivity contribution is 5.59. The molecule has 2 heterocycles. The molecule has 0 bridgehead atoms. The summed E-state index contributed by atoms with van der Waals surface area (Å²) in [6.45, 7) is 4.45. The molecule has 2 aromatic carbocycles.